The fourth-order valence-electron chi connectivity index (χ4n) is 1.10. The number of rotatable bonds is 5. The normalized spacial score (nSPS) is 10.0. The highest BCUT2D eigenvalue weighted by Crippen LogP contribution is 2.05. The predicted octanol–water partition coefficient (Wildman–Crippen LogP) is 0.583. The van der Waals surface area contributed by atoms with Gasteiger partial charge in [0.15, 0.2) is 0 Å². The zero-order valence-corrected chi connectivity index (χ0v) is 8.49. The molecule has 0 spiro atoms. The van der Waals surface area contributed by atoms with Gasteiger partial charge in [-0.15, -0.1) is 0 Å². The topological polar surface area (TPSA) is 70.6 Å². The molecular formula is C10H14N2O3. The van der Waals surface area contributed by atoms with Crippen molar-refractivity contribution < 1.29 is 14.9 Å². The van der Waals surface area contributed by atoms with Gasteiger partial charge in [0.25, 0.3) is 5.91 Å². The molecule has 3 N–H and O–H groups in total. The number of hydrogen-bond donors (Lipinski definition) is 3. The van der Waals surface area contributed by atoms with Crippen LogP contribution in [0.4, 0.5) is 0 Å². The fraction of sp³-hybridized carbons (Fsp3) is 0.300. The summed E-state index contributed by atoms with van der Waals surface area (Å²) >= 11 is 0. The summed E-state index contributed by atoms with van der Waals surface area (Å²) in [5.74, 6) is -0.138. The molecule has 0 radical (unpaired) electrons. The molecular weight excluding hydrogens is 196 g/mol. The lowest BCUT2D eigenvalue weighted by Gasteiger charge is -2.04. The SMILES string of the molecule is CNCNC(=O)c1ccc(COO)cc1. The molecule has 0 heterocycles. The summed E-state index contributed by atoms with van der Waals surface area (Å²) < 4.78 is 0. The maximum Gasteiger partial charge on any atom is 0.252 e. The number of carbonyl (C=O) groups excluding carboxylic acids is 1. The van der Waals surface area contributed by atoms with E-state index in [9.17, 15) is 4.79 Å². The van der Waals surface area contributed by atoms with E-state index in [1.54, 1.807) is 31.3 Å². The van der Waals surface area contributed by atoms with E-state index < -0.39 is 0 Å². The molecule has 0 aliphatic heterocycles. The van der Waals surface area contributed by atoms with Crippen LogP contribution in [-0.2, 0) is 11.5 Å². The van der Waals surface area contributed by atoms with Crippen molar-refractivity contribution in [1.29, 1.82) is 0 Å². The smallest absolute Gasteiger partial charge is 0.252 e. The predicted molar refractivity (Wildman–Crippen MR) is 55.3 cm³/mol. The Morgan fingerprint density at radius 2 is 2.07 bits per heavy atom. The van der Waals surface area contributed by atoms with Gasteiger partial charge in [0.05, 0.1) is 6.67 Å². The lowest BCUT2D eigenvalue weighted by molar-refractivity contribution is -0.253. The minimum Gasteiger partial charge on any atom is -0.339 e. The van der Waals surface area contributed by atoms with E-state index in [-0.39, 0.29) is 12.5 Å². The van der Waals surface area contributed by atoms with Crippen LogP contribution in [0.5, 0.6) is 0 Å². The molecule has 1 amide bonds. The second-order valence-corrected chi connectivity index (χ2v) is 3.01. The van der Waals surface area contributed by atoms with Gasteiger partial charge in [-0.1, -0.05) is 12.1 Å². The number of amides is 1. The Balaban J connectivity index is 2.58. The van der Waals surface area contributed by atoms with Gasteiger partial charge in [-0.25, -0.2) is 4.89 Å². The molecule has 5 nitrogen and oxygen atoms in total. The first-order valence-electron chi connectivity index (χ1n) is 4.56. The average molecular weight is 210 g/mol. The minimum absolute atomic E-state index is 0.123. The van der Waals surface area contributed by atoms with E-state index >= 15 is 0 Å². The molecule has 1 aromatic carbocycles. The van der Waals surface area contributed by atoms with Gasteiger partial charge in [0, 0.05) is 5.56 Å². The van der Waals surface area contributed by atoms with Crippen LogP contribution >= 0.6 is 0 Å². The van der Waals surface area contributed by atoms with Gasteiger partial charge in [-0.05, 0) is 24.7 Å². The second-order valence-electron chi connectivity index (χ2n) is 3.01. The summed E-state index contributed by atoms with van der Waals surface area (Å²) in [5.41, 5.74) is 1.38. The molecule has 0 aliphatic carbocycles. The van der Waals surface area contributed by atoms with Crippen LogP contribution in [0.15, 0.2) is 24.3 Å². The molecule has 0 aromatic heterocycles. The molecule has 1 rings (SSSR count). The van der Waals surface area contributed by atoms with Crippen LogP contribution in [-0.4, -0.2) is 24.9 Å². The first-order valence-corrected chi connectivity index (χ1v) is 4.56. The number of nitrogens with one attached hydrogen (secondary N) is 2. The quantitative estimate of drug-likeness (QED) is 0.378. The standard InChI is InChI=1S/C10H14N2O3/c1-11-7-12-10(13)9-4-2-8(3-5-9)6-15-14/h2-5,11,14H,6-7H2,1H3,(H,12,13). The molecule has 5 heteroatoms. The number of hydrogen-bond acceptors (Lipinski definition) is 4. The van der Waals surface area contributed by atoms with Crippen molar-refractivity contribution in [2.45, 2.75) is 6.61 Å². The van der Waals surface area contributed by atoms with Gasteiger partial charge in [0.1, 0.15) is 6.61 Å². The molecule has 82 valence electrons. The highest BCUT2D eigenvalue weighted by molar-refractivity contribution is 5.94. The number of benzene rings is 1. The third-order valence-electron chi connectivity index (χ3n) is 1.87. The summed E-state index contributed by atoms with van der Waals surface area (Å²) in [6, 6.07) is 6.81. The number of carbonyl (C=O) groups is 1. The van der Waals surface area contributed by atoms with Crippen molar-refractivity contribution in [2.75, 3.05) is 13.7 Å². The third-order valence-corrected chi connectivity index (χ3v) is 1.87. The van der Waals surface area contributed by atoms with E-state index in [1.807, 2.05) is 0 Å². The maximum absolute atomic E-state index is 11.4. The van der Waals surface area contributed by atoms with E-state index in [0.717, 1.165) is 5.56 Å². The summed E-state index contributed by atoms with van der Waals surface area (Å²) in [4.78, 5) is 15.4. The Kier molecular flexibility index (Phi) is 4.76. The Morgan fingerprint density at radius 3 is 2.60 bits per heavy atom. The molecule has 0 fully saturated rings. The summed E-state index contributed by atoms with van der Waals surface area (Å²) in [7, 11) is 1.75. The monoisotopic (exact) mass is 210 g/mol. The molecule has 0 unspecified atom stereocenters. The lowest BCUT2D eigenvalue weighted by Crippen LogP contribution is -2.31. The summed E-state index contributed by atoms with van der Waals surface area (Å²) in [6.45, 7) is 0.554. The first kappa shape index (κ1) is 11.6. The molecule has 0 saturated heterocycles. The Labute approximate surface area is 88.0 Å². The van der Waals surface area contributed by atoms with Gasteiger partial charge in [-0.2, -0.15) is 0 Å². The minimum atomic E-state index is -0.138. The Morgan fingerprint density at radius 1 is 1.40 bits per heavy atom. The molecule has 0 bridgehead atoms. The molecule has 0 atom stereocenters. The molecule has 0 saturated carbocycles. The zero-order chi connectivity index (χ0) is 11.1. The van der Waals surface area contributed by atoms with Crippen molar-refractivity contribution in [2.24, 2.45) is 0 Å². The third kappa shape index (κ3) is 3.67. The summed E-state index contributed by atoms with van der Waals surface area (Å²) in [5, 5.41) is 13.7. The van der Waals surface area contributed by atoms with Crippen LogP contribution in [0.1, 0.15) is 15.9 Å². The van der Waals surface area contributed by atoms with Crippen LogP contribution in [0.25, 0.3) is 0 Å². The van der Waals surface area contributed by atoms with Crippen molar-refractivity contribution in [1.82, 2.24) is 10.6 Å². The van der Waals surface area contributed by atoms with E-state index in [0.29, 0.717) is 12.2 Å². The average Bonchev–Trinajstić information content (AvgIpc) is 2.27. The van der Waals surface area contributed by atoms with Gasteiger partial charge >= 0.3 is 0 Å². The van der Waals surface area contributed by atoms with Gasteiger partial charge < -0.3 is 10.6 Å². The largest absolute Gasteiger partial charge is 0.339 e. The van der Waals surface area contributed by atoms with Crippen LogP contribution < -0.4 is 10.6 Å². The van der Waals surface area contributed by atoms with E-state index in [4.69, 9.17) is 5.26 Å². The highest BCUT2D eigenvalue weighted by Gasteiger charge is 2.03. The Bertz CT molecular complexity index is 311. The molecule has 15 heavy (non-hydrogen) atoms. The van der Waals surface area contributed by atoms with E-state index in [2.05, 4.69) is 15.5 Å². The van der Waals surface area contributed by atoms with E-state index in [1.165, 1.54) is 0 Å². The van der Waals surface area contributed by atoms with Crippen molar-refractivity contribution >= 4 is 5.91 Å². The fourth-order valence-corrected chi connectivity index (χ4v) is 1.10. The lowest BCUT2D eigenvalue weighted by atomic mass is 10.1. The maximum atomic E-state index is 11.4. The van der Waals surface area contributed by atoms with Gasteiger partial charge in [0.2, 0.25) is 0 Å². The zero-order valence-electron chi connectivity index (χ0n) is 8.49. The first-order chi connectivity index (χ1) is 7.27. The second kappa shape index (κ2) is 6.13. The van der Waals surface area contributed by atoms with Crippen molar-refractivity contribution in [3.63, 3.8) is 0 Å². The molecule has 0 aliphatic rings. The summed E-state index contributed by atoms with van der Waals surface area (Å²) in [6.07, 6.45) is 0. The van der Waals surface area contributed by atoms with Crippen LogP contribution in [0, 0.1) is 0 Å². The van der Waals surface area contributed by atoms with Gasteiger partial charge in [-0.3, -0.25) is 10.1 Å². The van der Waals surface area contributed by atoms with Crippen molar-refractivity contribution in [3.8, 4) is 0 Å². The van der Waals surface area contributed by atoms with Crippen molar-refractivity contribution in [3.05, 3.63) is 35.4 Å². The van der Waals surface area contributed by atoms with Crippen LogP contribution in [0.2, 0.25) is 0 Å². The Hall–Kier alpha value is -1.43. The highest BCUT2D eigenvalue weighted by atomic mass is 17.1. The van der Waals surface area contributed by atoms with Crippen LogP contribution in [0.3, 0.4) is 0 Å². The molecule has 1 aromatic rings.